The monoisotopic (exact) mass is 415 g/mol. The number of pyridine rings is 1. The van der Waals surface area contributed by atoms with Gasteiger partial charge in [-0.2, -0.15) is 5.10 Å². The highest BCUT2D eigenvalue weighted by Crippen LogP contribution is 2.25. The van der Waals surface area contributed by atoms with Crippen molar-refractivity contribution in [2.75, 3.05) is 0 Å². The van der Waals surface area contributed by atoms with Crippen molar-refractivity contribution in [2.24, 2.45) is 5.10 Å². The van der Waals surface area contributed by atoms with Crippen molar-refractivity contribution in [1.82, 2.24) is 10.4 Å². The number of para-hydroxylation sites is 1. The number of hydrogen-bond donors (Lipinski definition) is 1. The van der Waals surface area contributed by atoms with Crippen molar-refractivity contribution in [2.45, 2.75) is 6.92 Å². The summed E-state index contributed by atoms with van der Waals surface area (Å²) < 4.78 is 0. The third-order valence-corrected chi connectivity index (χ3v) is 5.50. The summed E-state index contributed by atoms with van der Waals surface area (Å²) >= 11 is 0. The van der Waals surface area contributed by atoms with E-state index in [-0.39, 0.29) is 5.91 Å². The predicted octanol–water partition coefficient (Wildman–Crippen LogP) is 6.13. The first kappa shape index (κ1) is 19.6. The van der Waals surface area contributed by atoms with E-state index in [0.717, 1.165) is 38.5 Å². The van der Waals surface area contributed by atoms with E-state index in [0.29, 0.717) is 5.56 Å². The zero-order valence-electron chi connectivity index (χ0n) is 17.6. The Morgan fingerprint density at radius 2 is 1.56 bits per heavy atom. The van der Waals surface area contributed by atoms with Crippen LogP contribution in [-0.2, 0) is 0 Å². The molecule has 4 aromatic carbocycles. The highest BCUT2D eigenvalue weighted by atomic mass is 16.2. The second kappa shape index (κ2) is 8.44. The molecular weight excluding hydrogens is 394 g/mol. The number of hydrogen-bond acceptors (Lipinski definition) is 3. The molecule has 0 spiro atoms. The number of carbonyl (C=O) groups is 1. The minimum absolute atomic E-state index is 0.270. The number of benzene rings is 4. The van der Waals surface area contributed by atoms with Crippen LogP contribution in [0.2, 0.25) is 0 Å². The van der Waals surface area contributed by atoms with Gasteiger partial charge in [-0.3, -0.25) is 4.79 Å². The molecule has 5 aromatic rings. The summed E-state index contributed by atoms with van der Waals surface area (Å²) in [6.45, 7) is 2.05. The van der Waals surface area contributed by atoms with Gasteiger partial charge in [0.25, 0.3) is 5.91 Å². The molecule has 32 heavy (non-hydrogen) atoms. The standard InChI is InChI=1S/C28H21N3O/c1-19-13-15-21(16-14-19)27-17-25(24-11-4-5-12-26(24)30-27)28(32)31-29-18-22-9-6-8-20-7-2-3-10-23(20)22/h2-18H,1H3,(H,31,32)/b29-18+. The summed E-state index contributed by atoms with van der Waals surface area (Å²) in [5.41, 5.74) is 7.86. The number of amides is 1. The second-order valence-electron chi connectivity index (χ2n) is 7.71. The quantitative estimate of drug-likeness (QED) is 0.284. The molecule has 1 heterocycles. The van der Waals surface area contributed by atoms with E-state index in [1.165, 1.54) is 5.56 Å². The topological polar surface area (TPSA) is 54.4 Å². The number of rotatable bonds is 4. The fraction of sp³-hybridized carbons (Fsp3) is 0.0357. The van der Waals surface area contributed by atoms with E-state index in [1.807, 2.05) is 91.9 Å². The first-order valence-corrected chi connectivity index (χ1v) is 10.5. The van der Waals surface area contributed by atoms with Crippen molar-refractivity contribution in [3.8, 4) is 11.3 Å². The van der Waals surface area contributed by atoms with E-state index in [2.05, 4.69) is 22.7 Å². The van der Waals surface area contributed by atoms with Crippen LogP contribution in [0.3, 0.4) is 0 Å². The highest BCUT2D eigenvalue weighted by Gasteiger charge is 2.13. The van der Waals surface area contributed by atoms with Crippen LogP contribution in [-0.4, -0.2) is 17.1 Å². The summed E-state index contributed by atoms with van der Waals surface area (Å²) in [7, 11) is 0. The van der Waals surface area contributed by atoms with Gasteiger partial charge in [-0.25, -0.2) is 10.4 Å². The fourth-order valence-corrected chi connectivity index (χ4v) is 3.82. The summed E-state index contributed by atoms with van der Waals surface area (Å²) in [5.74, 6) is -0.270. The van der Waals surface area contributed by atoms with Crippen molar-refractivity contribution >= 4 is 33.8 Å². The number of fused-ring (bicyclic) bond motifs is 2. The predicted molar refractivity (Wildman–Crippen MR) is 131 cm³/mol. The third-order valence-electron chi connectivity index (χ3n) is 5.50. The van der Waals surface area contributed by atoms with Gasteiger partial charge in [-0.15, -0.1) is 0 Å². The zero-order chi connectivity index (χ0) is 21.9. The molecule has 1 aromatic heterocycles. The Morgan fingerprint density at radius 1 is 0.844 bits per heavy atom. The number of nitrogens with zero attached hydrogens (tertiary/aromatic N) is 2. The van der Waals surface area contributed by atoms with Crippen LogP contribution in [0.4, 0.5) is 0 Å². The molecule has 0 radical (unpaired) electrons. The number of hydrazone groups is 1. The molecule has 0 aliphatic rings. The third kappa shape index (κ3) is 3.86. The summed E-state index contributed by atoms with van der Waals surface area (Å²) in [6, 6.07) is 31.7. The molecule has 0 fully saturated rings. The number of carbonyl (C=O) groups excluding carboxylic acids is 1. The Bertz CT molecular complexity index is 1460. The molecule has 0 saturated heterocycles. The molecule has 154 valence electrons. The molecule has 0 aliphatic carbocycles. The van der Waals surface area contributed by atoms with E-state index in [9.17, 15) is 4.79 Å². The van der Waals surface area contributed by atoms with E-state index >= 15 is 0 Å². The van der Waals surface area contributed by atoms with Gasteiger partial charge in [0, 0.05) is 16.5 Å². The van der Waals surface area contributed by atoms with Crippen LogP contribution < -0.4 is 5.43 Å². The van der Waals surface area contributed by atoms with Crippen molar-refractivity contribution < 1.29 is 4.79 Å². The van der Waals surface area contributed by atoms with Crippen molar-refractivity contribution in [3.63, 3.8) is 0 Å². The molecule has 0 atom stereocenters. The first-order valence-electron chi connectivity index (χ1n) is 10.5. The lowest BCUT2D eigenvalue weighted by atomic mass is 10.0. The van der Waals surface area contributed by atoms with Gasteiger partial charge in [0.1, 0.15) is 0 Å². The lowest BCUT2D eigenvalue weighted by Gasteiger charge is -2.09. The van der Waals surface area contributed by atoms with Crippen LogP contribution in [0.1, 0.15) is 21.5 Å². The maximum atomic E-state index is 13.1. The maximum Gasteiger partial charge on any atom is 0.272 e. The Morgan fingerprint density at radius 3 is 2.41 bits per heavy atom. The SMILES string of the molecule is Cc1ccc(-c2cc(C(=O)N/N=C/c3cccc4ccccc34)c3ccccc3n2)cc1. The van der Waals surface area contributed by atoms with Crippen LogP contribution >= 0.6 is 0 Å². The normalized spacial score (nSPS) is 11.3. The molecule has 0 saturated carbocycles. The minimum Gasteiger partial charge on any atom is -0.267 e. The molecule has 5 rings (SSSR count). The van der Waals surface area contributed by atoms with E-state index < -0.39 is 0 Å². The van der Waals surface area contributed by atoms with Crippen LogP contribution in [0.5, 0.6) is 0 Å². The van der Waals surface area contributed by atoms with Crippen LogP contribution in [0, 0.1) is 6.92 Å². The van der Waals surface area contributed by atoms with E-state index in [1.54, 1.807) is 6.21 Å². The minimum atomic E-state index is -0.270. The lowest BCUT2D eigenvalue weighted by molar-refractivity contribution is 0.0956. The van der Waals surface area contributed by atoms with Gasteiger partial charge < -0.3 is 0 Å². The molecule has 0 unspecified atom stereocenters. The number of aromatic nitrogens is 1. The van der Waals surface area contributed by atoms with Crippen LogP contribution in [0.25, 0.3) is 32.9 Å². The molecular formula is C28H21N3O. The molecule has 1 amide bonds. The number of aryl methyl sites for hydroxylation is 1. The molecule has 1 N–H and O–H groups in total. The average Bonchev–Trinajstić information content (AvgIpc) is 2.84. The highest BCUT2D eigenvalue weighted by molar-refractivity contribution is 6.07. The smallest absolute Gasteiger partial charge is 0.267 e. The molecule has 0 bridgehead atoms. The van der Waals surface area contributed by atoms with Gasteiger partial charge in [0.05, 0.1) is 23.0 Å². The second-order valence-corrected chi connectivity index (χ2v) is 7.71. The Kier molecular flexibility index (Phi) is 5.18. The summed E-state index contributed by atoms with van der Waals surface area (Å²) in [4.78, 5) is 17.9. The maximum absolute atomic E-state index is 13.1. The lowest BCUT2D eigenvalue weighted by Crippen LogP contribution is -2.18. The Balaban J connectivity index is 1.48. The summed E-state index contributed by atoms with van der Waals surface area (Å²) in [6.07, 6.45) is 1.69. The van der Waals surface area contributed by atoms with Gasteiger partial charge >= 0.3 is 0 Å². The van der Waals surface area contributed by atoms with Gasteiger partial charge in [-0.05, 0) is 29.8 Å². The van der Waals surface area contributed by atoms with Crippen molar-refractivity contribution in [1.29, 1.82) is 0 Å². The van der Waals surface area contributed by atoms with Gasteiger partial charge in [0.2, 0.25) is 0 Å². The van der Waals surface area contributed by atoms with E-state index in [4.69, 9.17) is 4.98 Å². The largest absolute Gasteiger partial charge is 0.272 e. The molecule has 0 aliphatic heterocycles. The van der Waals surface area contributed by atoms with Gasteiger partial charge in [0.15, 0.2) is 0 Å². The van der Waals surface area contributed by atoms with Gasteiger partial charge in [-0.1, -0.05) is 90.5 Å². The number of nitrogens with one attached hydrogen (secondary N) is 1. The zero-order valence-corrected chi connectivity index (χ0v) is 17.6. The fourth-order valence-electron chi connectivity index (χ4n) is 3.82. The van der Waals surface area contributed by atoms with Crippen molar-refractivity contribution in [3.05, 3.63) is 114 Å². The molecule has 4 nitrogen and oxygen atoms in total. The molecule has 4 heteroatoms. The van der Waals surface area contributed by atoms with Crippen LogP contribution in [0.15, 0.2) is 102 Å². The Hall–Kier alpha value is -4.31. The average molecular weight is 415 g/mol. The Labute approximate surface area is 186 Å². The first-order chi connectivity index (χ1) is 15.7. The summed E-state index contributed by atoms with van der Waals surface area (Å²) in [5, 5.41) is 7.25.